The Morgan fingerprint density at radius 2 is 1.86 bits per heavy atom. The smallest absolute Gasteiger partial charge is 0.410 e. The average molecular weight is 503 g/mol. The summed E-state index contributed by atoms with van der Waals surface area (Å²) >= 11 is 0. The summed E-state index contributed by atoms with van der Waals surface area (Å²) in [6.45, 7) is 6.45. The number of nitrogens with two attached hydrogens (primary N) is 1. The first kappa shape index (κ1) is 24.4. The zero-order valence-electron chi connectivity index (χ0n) is 21.1. The first-order valence-corrected chi connectivity index (χ1v) is 12.3. The number of benzene rings is 1. The number of hydrogen-bond acceptors (Lipinski definition) is 7. The van der Waals surface area contributed by atoms with Crippen molar-refractivity contribution in [2.24, 2.45) is 0 Å². The van der Waals surface area contributed by atoms with Crippen molar-refractivity contribution in [3.05, 3.63) is 71.4 Å². The van der Waals surface area contributed by atoms with Crippen molar-refractivity contribution < 1.29 is 14.3 Å². The molecule has 0 bridgehead atoms. The Labute approximate surface area is 214 Å². The molecule has 1 atom stereocenters. The summed E-state index contributed by atoms with van der Waals surface area (Å²) in [6, 6.07) is 14.3. The minimum absolute atomic E-state index is 0.234. The summed E-state index contributed by atoms with van der Waals surface area (Å²) in [6.07, 6.45) is 4.26. The molecule has 5 rings (SSSR count). The summed E-state index contributed by atoms with van der Waals surface area (Å²) in [5, 5.41) is 0. The van der Waals surface area contributed by atoms with Crippen LogP contribution in [0.15, 0.2) is 65.7 Å². The molecule has 192 valence electrons. The van der Waals surface area contributed by atoms with Gasteiger partial charge in [-0.2, -0.15) is 0 Å². The van der Waals surface area contributed by atoms with E-state index >= 15 is 0 Å². The molecule has 4 aromatic rings. The van der Waals surface area contributed by atoms with Crippen molar-refractivity contribution in [3.63, 3.8) is 0 Å². The van der Waals surface area contributed by atoms with Crippen LogP contribution in [0.3, 0.4) is 0 Å². The topological polar surface area (TPSA) is 118 Å². The number of carbonyl (C=O) groups is 1. The monoisotopic (exact) mass is 502 g/mol. The standard InChI is InChI=1S/C27H30N6O4/c1-27(2,3)37-26(35)31-15-7-8-19(17-31)32-21-13-14-29-24(28)23(21)33(25(32)34)18-11-12-22(30-16-18)36-20-9-5-4-6-10-20/h4-6,9-14,16,19H,7-8,15,17H2,1-3H3,(H2,28,29)/t19-/m1/s1. The molecule has 3 aromatic heterocycles. The maximum atomic E-state index is 13.9. The fraction of sp³-hybridized carbons (Fsp3) is 0.333. The summed E-state index contributed by atoms with van der Waals surface area (Å²) in [5.74, 6) is 1.30. The first-order chi connectivity index (χ1) is 17.7. The molecular weight excluding hydrogens is 472 g/mol. The van der Waals surface area contributed by atoms with E-state index in [9.17, 15) is 9.59 Å². The number of ether oxygens (including phenoxy) is 2. The predicted octanol–water partition coefficient (Wildman–Crippen LogP) is 4.53. The number of nitrogen functional groups attached to an aromatic ring is 1. The van der Waals surface area contributed by atoms with E-state index in [4.69, 9.17) is 15.2 Å². The Bertz CT molecular complexity index is 1470. The van der Waals surface area contributed by atoms with Crippen LogP contribution in [-0.2, 0) is 4.74 Å². The Morgan fingerprint density at radius 1 is 1.08 bits per heavy atom. The number of aromatic nitrogens is 4. The van der Waals surface area contributed by atoms with Crippen molar-refractivity contribution in [2.75, 3.05) is 18.8 Å². The molecule has 2 N–H and O–H groups in total. The highest BCUT2D eigenvalue weighted by Crippen LogP contribution is 2.29. The molecule has 0 unspecified atom stereocenters. The Morgan fingerprint density at radius 3 is 2.57 bits per heavy atom. The van der Waals surface area contributed by atoms with E-state index in [0.717, 1.165) is 12.8 Å². The zero-order valence-corrected chi connectivity index (χ0v) is 21.1. The van der Waals surface area contributed by atoms with Crippen LogP contribution >= 0.6 is 0 Å². The number of rotatable bonds is 4. The molecule has 1 aromatic carbocycles. The molecule has 37 heavy (non-hydrogen) atoms. The molecule has 1 aliphatic rings. The van der Waals surface area contributed by atoms with Gasteiger partial charge in [-0.15, -0.1) is 0 Å². The van der Waals surface area contributed by atoms with Gasteiger partial charge in [-0.3, -0.25) is 9.13 Å². The van der Waals surface area contributed by atoms with Crippen molar-refractivity contribution in [2.45, 2.75) is 45.3 Å². The van der Waals surface area contributed by atoms with Crippen LogP contribution in [0.1, 0.15) is 39.7 Å². The molecule has 1 saturated heterocycles. The van der Waals surface area contributed by atoms with Gasteiger partial charge in [0.15, 0.2) is 0 Å². The highest BCUT2D eigenvalue weighted by atomic mass is 16.6. The first-order valence-electron chi connectivity index (χ1n) is 12.3. The second-order valence-electron chi connectivity index (χ2n) is 10.0. The minimum Gasteiger partial charge on any atom is -0.444 e. The predicted molar refractivity (Wildman–Crippen MR) is 140 cm³/mol. The molecule has 10 heteroatoms. The summed E-state index contributed by atoms with van der Waals surface area (Å²) in [7, 11) is 0. The lowest BCUT2D eigenvalue weighted by atomic mass is 10.1. The summed E-state index contributed by atoms with van der Waals surface area (Å²) in [5.41, 5.74) is 7.09. The molecule has 1 fully saturated rings. The number of amides is 1. The zero-order chi connectivity index (χ0) is 26.2. The Hall–Kier alpha value is -4.34. The number of para-hydroxylation sites is 1. The van der Waals surface area contributed by atoms with E-state index in [1.54, 1.807) is 40.1 Å². The lowest BCUT2D eigenvalue weighted by Gasteiger charge is -2.34. The van der Waals surface area contributed by atoms with Crippen LogP contribution < -0.4 is 16.2 Å². The van der Waals surface area contributed by atoms with Gasteiger partial charge in [0.1, 0.15) is 22.7 Å². The van der Waals surface area contributed by atoms with Crippen LogP contribution in [0.25, 0.3) is 16.7 Å². The third-order valence-corrected chi connectivity index (χ3v) is 6.17. The van der Waals surface area contributed by atoms with E-state index in [1.807, 2.05) is 51.1 Å². The number of hydrogen-bond donors (Lipinski definition) is 1. The van der Waals surface area contributed by atoms with Crippen LogP contribution in [0.2, 0.25) is 0 Å². The van der Waals surface area contributed by atoms with E-state index in [2.05, 4.69) is 9.97 Å². The normalized spacial score (nSPS) is 16.1. The molecular formula is C27H30N6O4. The lowest BCUT2D eigenvalue weighted by molar-refractivity contribution is 0.0173. The summed E-state index contributed by atoms with van der Waals surface area (Å²) < 4.78 is 14.6. The van der Waals surface area contributed by atoms with Crippen molar-refractivity contribution >= 4 is 22.9 Å². The highest BCUT2D eigenvalue weighted by molar-refractivity contribution is 5.87. The minimum atomic E-state index is -0.597. The van der Waals surface area contributed by atoms with Gasteiger partial charge >= 0.3 is 11.8 Å². The number of pyridine rings is 2. The van der Waals surface area contributed by atoms with E-state index < -0.39 is 5.60 Å². The van der Waals surface area contributed by atoms with Gasteiger partial charge in [0.25, 0.3) is 0 Å². The van der Waals surface area contributed by atoms with Gasteiger partial charge in [0.05, 0.1) is 23.4 Å². The quantitative estimate of drug-likeness (QED) is 0.436. The third kappa shape index (κ3) is 5.00. The van der Waals surface area contributed by atoms with E-state index in [-0.39, 0.29) is 23.6 Å². The van der Waals surface area contributed by atoms with Gasteiger partial charge < -0.3 is 20.1 Å². The summed E-state index contributed by atoms with van der Waals surface area (Å²) in [4.78, 5) is 36.9. The van der Waals surface area contributed by atoms with E-state index in [1.165, 1.54) is 4.57 Å². The Kier molecular flexibility index (Phi) is 6.32. The van der Waals surface area contributed by atoms with Crippen molar-refractivity contribution in [1.82, 2.24) is 24.0 Å². The number of piperidine rings is 1. The molecule has 0 spiro atoms. The molecule has 0 aliphatic carbocycles. The van der Waals surface area contributed by atoms with Gasteiger partial charge in [0.2, 0.25) is 5.88 Å². The van der Waals surface area contributed by atoms with E-state index in [0.29, 0.717) is 41.4 Å². The maximum Gasteiger partial charge on any atom is 0.410 e. The number of fused-ring (bicyclic) bond motifs is 1. The van der Waals surface area contributed by atoms with Gasteiger partial charge in [-0.05, 0) is 57.9 Å². The molecule has 0 radical (unpaired) electrons. The number of likely N-dealkylation sites (tertiary alicyclic amines) is 1. The fourth-order valence-electron chi connectivity index (χ4n) is 4.61. The number of nitrogens with zero attached hydrogens (tertiary/aromatic N) is 5. The second kappa shape index (κ2) is 9.61. The highest BCUT2D eigenvalue weighted by Gasteiger charge is 2.31. The van der Waals surface area contributed by atoms with Crippen molar-refractivity contribution in [3.8, 4) is 17.3 Å². The maximum absolute atomic E-state index is 13.9. The lowest BCUT2D eigenvalue weighted by Crippen LogP contribution is -2.45. The third-order valence-electron chi connectivity index (χ3n) is 6.17. The molecule has 0 saturated carbocycles. The van der Waals surface area contributed by atoms with Crippen molar-refractivity contribution in [1.29, 1.82) is 0 Å². The number of anilines is 1. The molecule has 1 aliphatic heterocycles. The number of carbonyl (C=O) groups excluding carboxylic acids is 1. The van der Waals surface area contributed by atoms with Gasteiger partial charge in [0, 0.05) is 25.4 Å². The average Bonchev–Trinajstić information content (AvgIpc) is 3.17. The SMILES string of the molecule is CC(C)(C)OC(=O)N1CCC[C@@H](n2c(=O)n(-c3ccc(Oc4ccccc4)nc3)c3c(N)nccc32)C1. The van der Waals surface area contributed by atoms with Crippen LogP contribution in [-0.4, -0.2) is 48.8 Å². The Balaban J connectivity index is 1.50. The van der Waals surface area contributed by atoms with Gasteiger partial charge in [-0.25, -0.2) is 19.6 Å². The molecule has 1 amide bonds. The largest absolute Gasteiger partial charge is 0.444 e. The van der Waals surface area contributed by atoms with Crippen LogP contribution in [0.5, 0.6) is 11.6 Å². The fourth-order valence-corrected chi connectivity index (χ4v) is 4.61. The number of imidazole rings is 1. The molecule has 10 nitrogen and oxygen atoms in total. The molecule has 4 heterocycles. The second-order valence-corrected chi connectivity index (χ2v) is 10.0. The van der Waals surface area contributed by atoms with Crippen LogP contribution in [0.4, 0.5) is 10.6 Å². The van der Waals surface area contributed by atoms with Crippen LogP contribution in [0, 0.1) is 0 Å². The van der Waals surface area contributed by atoms with Gasteiger partial charge in [-0.1, -0.05) is 18.2 Å².